The molecule has 0 amide bonds. The monoisotopic (exact) mass is 1140 g/mol. The van der Waals surface area contributed by atoms with Crippen molar-refractivity contribution >= 4 is 82.5 Å². The number of imidazole rings is 3. The molecule has 4 aliphatic rings. The number of hydrogen-bond acceptors (Lipinski definition) is 29. The Labute approximate surface area is 413 Å². The van der Waals surface area contributed by atoms with Crippen LogP contribution in [-0.2, 0) is 71.0 Å². The minimum absolute atomic E-state index is 0.0230. The van der Waals surface area contributed by atoms with Crippen LogP contribution in [0, 0.1) is 0 Å². The molecule has 0 saturated carbocycles. The fraction of sp³-hybridized carbons (Fsp3) is 0.531. The Balaban J connectivity index is 0.809. The number of nitrogens with one attached hydrogen (secondary N) is 2. The Morgan fingerprint density at radius 1 is 0.707 bits per heavy atom. The van der Waals surface area contributed by atoms with Crippen molar-refractivity contribution in [1.82, 2.24) is 53.6 Å². The first-order chi connectivity index (χ1) is 35.2. The Morgan fingerprint density at radius 3 is 1.92 bits per heavy atom. The van der Waals surface area contributed by atoms with E-state index < -0.39 is 142 Å². The molecule has 10 heterocycles. The van der Waals surface area contributed by atoms with Gasteiger partial charge in [-0.1, -0.05) is 0 Å². The van der Waals surface area contributed by atoms with Gasteiger partial charge in [0.25, 0.3) is 16.7 Å². The van der Waals surface area contributed by atoms with E-state index in [1.807, 2.05) is 0 Å². The second-order valence-corrected chi connectivity index (χ2v) is 23.0. The van der Waals surface area contributed by atoms with Gasteiger partial charge in [-0.3, -0.25) is 46.8 Å². The highest BCUT2D eigenvalue weighted by atomic mass is 31.3. The van der Waals surface area contributed by atoms with E-state index in [1.54, 1.807) is 0 Å². The average molecular weight is 1140 g/mol. The van der Waals surface area contributed by atoms with Crippen molar-refractivity contribution in [1.29, 1.82) is 0 Å². The van der Waals surface area contributed by atoms with Gasteiger partial charge in [-0.15, -0.1) is 0 Å². The molecular formula is C32H42N15O24P4+. The number of aromatic amines is 2. The summed E-state index contributed by atoms with van der Waals surface area (Å²) in [5.41, 5.74) is 13.2. The summed E-state index contributed by atoms with van der Waals surface area (Å²) >= 11 is 0. The van der Waals surface area contributed by atoms with Crippen molar-refractivity contribution in [2.75, 3.05) is 43.6 Å². The van der Waals surface area contributed by atoms with Crippen LogP contribution >= 0.6 is 31.3 Å². The minimum atomic E-state index is -6.21. The molecule has 0 aliphatic carbocycles. The number of aliphatic hydroxyl groups excluding tert-OH is 4. The molecule has 0 spiro atoms. The van der Waals surface area contributed by atoms with E-state index in [0.29, 0.717) is 0 Å². The SMILES string of the molecule is C[n+]1cn([C@H]2O[C@@H](COP(=O)(O)OP(=O)(O)OP(=O)(O)OC[C@@]34CO[C@@H]([C@H](n5cnc6c(N)ncnc65)O3)[C@@H]4OP(=O)(O)OC[C@H]3O[C@@H](n4cnc5c(=O)[nH]c(N)nc54)[C@H](O)[C@@H]3O)[C@H](O)[C@@H]2O)c2nc(N)[nH]c(=O)c21. The molecule has 10 rings (SSSR count). The first-order valence-electron chi connectivity index (χ1n) is 21.3. The summed E-state index contributed by atoms with van der Waals surface area (Å²) in [6.45, 7) is -4.08. The largest absolute Gasteiger partial charge is 0.490 e. The van der Waals surface area contributed by atoms with Crippen LogP contribution in [0.2, 0.25) is 0 Å². The number of hydrogen-bond donors (Lipinski definition) is 13. The molecule has 6 aromatic heterocycles. The minimum Gasteiger partial charge on any atom is -0.387 e. The van der Waals surface area contributed by atoms with Crippen LogP contribution in [0.5, 0.6) is 0 Å². The number of anilines is 3. The first-order valence-corrected chi connectivity index (χ1v) is 27.2. The highest BCUT2D eigenvalue weighted by Gasteiger charge is 2.66. The zero-order valence-corrected chi connectivity index (χ0v) is 41.2. The molecule has 2 bridgehead atoms. The lowest BCUT2D eigenvalue weighted by Crippen LogP contribution is -2.45. The Morgan fingerprint density at radius 2 is 1.27 bits per heavy atom. The molecule has 75 heavy (non-hydrogen) atoms. The molecule has 16 N–H and O–H groups in total. The number of phosphoric ester groups is 3. The van der Waals surface area contributed by atoms with Crippen LogP contribution in [0.25, 0.3) is 33.5 Å². The van der Waals surface area contributed by atoms with E-state index in [1.165, 1.54) is 22.5 Å². The number of rotatable bonds is 18. The van der Waals surface area contributed by atoms with Gasteiger partial charge in [0, 0.05) is 0 Å². The Hall–Kier alpha value is -5.15. The van der Waals surface area contributed by atoms with Crippen molar-refractivity contribution in [3.8, 4) is 0 Å². The number of nitrogen functional groups attached to an aromatic ring is 3. The number of fused-ring (bicyclic) bond motifs is 5. The molecule has 39 nitrogen and oxygen atoms in total. The van der Waals surface area contributed by atoms with Crippen LogP contribution in [0.15, 0.2) is 34.9 Å². The zero-order chi connectivity index (χ0) is 53.9. The lowest BCUT2D eigenvalue weighted by Gasteiger charge is -2.32. The second kappa shape index (κ2) is 19.1. The number of ether oxygens (including phenoxy) is 4. The van der Waals surface area contributed by atoms with E-state index >= 15 is 0 Å². The van der Waals surface area contributed by atoms with Gasteiger partial charge in [0.1, 0.15) is 66.3 Å². The average Bonchev–Trinajstić information content (AvgIpc) is 4.23. The van der Waals surface area contributed by atoms with Crippen LogP contribution in [-0.4, -0.2) is 174 Å². The molecule has 4 fully saturated rings. The van der Waals surface area contributed by atoms with Crippen LogP contribution in [0.3, 0.4) is 0 Å². The molecule has 16 atom stereocenters. The Kier molecular flexibility index (Phi) is 13.6. The molecule has 6 aromatic rings. The fourth-order valence-electron chi connectivity index (χ4n) is 8.73. The fourth-order valence-corrected chi connectivity index (χ4v) is 13.3. The van der Waals surface area contributed by atoms with E-state index in [-0.39, 0.29) is 51.2 Å². The summed E-state index contributed by atoms with van der Waals surface area (Å²) in [5.74, 6) is -0.703. The van der Waals surface area contributed by atoms with Crippen molar-refractivity contribution in [2.24, 2.45) is 7.05 Å². The summed E-state index contributed by atoms with van der Waals surface area (Å²) in [6, 6.07) is 0. The van der Waals surface area contributed by atoms with Gasteiger partial charge in [0.15, 0.2) is 35.1 Å². The highest BCUT2D eigenvalue weighted by molar-refractivity contribution is 7.66. The van der Waals surface area contributed by atoms with Gasteiger partial charge in [0.05, 0.1) is 46.1 Å². The summed E-state index contributed by atoms with van der Waals surface area (Å²) in [6.07, 6.45) is -13.8. The zero-order valence-electron chi connectivity index (χ0n) is 37.6. The molecule has 4 saturated heterocycles. The number of aromatic nitrogens is 12. The lowest BCUT2D eigenvalue weighted by atomic mass is 10.0. The molecule has 4 unspecified atom stereocenters. The van der Waals surface area contributed by atoms with Gasteiger partial charge in [-0.25, -0.2) is 42.8 Å². The van der Waals surface area contributed by atoms with Crippen LogP contribution in [0.1, 0.15) is 18.7 Å². The molecule has 0 radical (unpaired) electrons. The standard InChI is InChI=1S/C32H41N15O24P4/c1-44-9-47(24-14(44)26(53)43-31(35)41-24)28-18(51)16(49)11(67-28)3-64-73(56,57)70-75(60,61)71-74(58,59)65-5-32-4-62-19(29(68-32)45-7-38-12-21(33)36-6-37-22(12)45)20(32)69-72(54,55)63-2-10-15(48)17(50)27(66-10)46-8-39-13-23(46)40-30(34)42-25(13)52/h6-11,15-20,27-29,48-51H,2-5H2,1H3,(H11-,33,34,35,36,37,40,41,42,43,52,53,54,55,56,57,58,59,60,61)/p+1/t10-,11+,15-,16+,17-,18+,19-,20+,27-,28+,29-,32-/m1/s1. The number of aryl methyl sites for hydroxylation is 1. The first kappa shape index (κ1) is 53.3. The van der Waals surface area contributed by atoms with Crippen molar-refractivity contribution in [3.05, 3.63) is 46.0 Å². The number of H-pyrrole nitrogens is 2. The summed E-state index contributed by atoms with van der Waals surface area (Å²) in [7, 11) is -22.0. The number of aliphatic hydroxyl groups is 4. The topological polar surface area (TPSA) is 562 Å². The number of phosphoric acid groups is 4. The van der Waals surface area contributed by atoms with Crippen molar-refractivity contribution < 1.29 is 108 Å². The third-order valence-corrected chi connectivity index (χ3v) is 17.2. The summed E-state index contributed by atoms with van der Waals surface area (Å²) in [5, 5.41) is 43.2. The molecule has 43 heteroatoms. The van der Waals surface area contributed by atoms with Gasteiger partial charge >= 0.3 is 36.9 Å². The smallest absolute Gasteiger partial charge is 0.387 e. The molecule has 4 aliphatic heterocycles. The quantitative estimate of drug-likeness (QED) is 0.0283. The predicted molar refractivity (Wildman–Crippen MR) is 237 cm³/mol. The summed E-state index contributed by atoms with van der Waals surface area (Å²) < 4.78 is 110. The molecular weight excluding hydrogens is 1100 g/mol. The molecule has 0 aromatic carbocycles. The third-order valence-electron chi connectivity index (χ3n) is 12.0. The highest BCUT2D eigenvalue weighted by Crippen LogP contribution is 2.68. The summed E-state index contributed by atoms with van der Waals surface area (Å²) in [4.78, 5) is 95.9. The van der Waals surface area contributed by atoms with E-state index in [0.717, 1.165) is 28.1 Å². The lowest BCUT2D eigenvalue weighted by molar-refractivity contribution is -0.646. The van der Waals surface area contributed by atoms with Gasteiger partial charge in [0.2, 0.25) is 24.5 Å². The van der Waals surface area contributed by atoms with Crippen molar-refractivity contribution in [3.63, 3.8) is 0 Å². The maximum Gasteiger partial charge on any atom is 0.490 e. The third kappa shape index (κ3) is 9.95. The van der Waals surface area contributed by atoms with Gasteiger partial charge in [-0.2, -0.15) is 23.2 Å². The maximum atomic E-state index is 13.7. The Bertz CT molecular complexity index is 3540. The number of nitrogens with two attached hydrogens (primary N) is 3. The van der Waals surface area contributed by atoms with Gasteiger partial charge < -0.3 is 76.1 Å². The second-order valence-electron chi connectivity index (χ2n) is 17.0. The van der Waals surface area contributed by atoms with E-state index in [4.69, 9.17) is 54.2 Å². The maximum absolute atomic E-state index is 13.7. The van der Waals surface area contributed by atoms with Gasteiger partial charge in [-0.05, 0) is 0 Å². The number of nitrogens with zero attached hydrogens (tertiary/aromatic N) is 10. The normalized spacial score (nSPS) is 32.0. The van der Waals surface area contributed by atoms with E-state index in [9.17, 15) is 67.8 Å². The molecule has 408 valence electrons. The van der Waals surface area contributed by atoms with Crippen molar-refractivity contribution in [2.45, 2.75) is 73.1 Å². The predicted octanol–water partition coefficient (Wildman–Crippen LogP) is -4.96. The van der Waals surface area contributed by atoms with E-state index in [2.05, 4.69) is 48.5 Å². The van der Waals surface area contributed by atoms with Crippen LogP contribution in [0.4, 0.5) is 17.7 Å². The van der Waals surface area contributed by atoms with Crippen LogP contribution < -0.4 is 32.9 Å².